The van der Waals surface area contributed by atoms with Gasteiger partial charge < -0.3 is 10.6 Å². The van der Waals surface area contributed by atoms with Crippen molar-refractivity contribution in [2.45, 2.75) is 53.5 Å². The Balaban J connectivity index is 2.37. The highest BCUT2D eigenvalue weighted by atomic mass is 15.1. The van der Waals surface area contributed by atoms with Gasteiger partial charge in [-0.2, -0.15) is 0 Å². The summed E-state index contributed by atoms with van der Waals surface area (Å²) in [6, 6.07) is 0.273. The molecule has 2 nitrogen and oxygen atoms in total. The first-order valence-corrected chi connectivity index (χ1v) is 6.81. The molecule has 1 aliphatic rings. The molecule has 1 heterocycles. The summed E-state index contributed by atoms with van der Waals surface area (Å²) < 4.78 is 0. The van der Waals surface area contributed by atoms with E-state index in [2.05, 4.69) is 39.5 Å². The fourth-order valence-corrected chi connectivity index (χ4v) is 2.50. The Kier molecular flexibility index (Phi) is 4.81. The van der Waals surface area contributed by atoms with Gasteiger partial charge in [-0.1, -0.05) is 27.7 Å². The van der Waals surface area contributed by atoms with E-state index in [4.69, 9.17) is 5.73 Å². The zero-order valence-electron chi connectivity index (χ0n) is 11.8. The van der Waals surface area contributed by atoms with Crippen LogP contribution in [0.15, 0.2) is 0 Å². The minimum atomic E-state index is 0.241. The summed E-state index contributed by atoms with van der Waals surface area (Å²) in [6.45, 7) is 15.1. The third kappa shape index (κ3) is 3.74. The molecule has 16 heavy (non-hydrogen) atoms. The number of hydrogen-bond donors (Lipinski definition) is 1. The molecule has 0 aliphatic carbocycles. The Morgan fingerprint density at radius 3 is 2.06 bits per heavy atom. The van der Waals surface area contributed by atoms with Gasteiger partial charge in [-0.15, -0.1) is 0 Å². The molecule has 2 heteroatoms. The first-order chi connectivity index (χ1) is 7.33. The molecule has 0 amide bonds. The second kappa shape index (κ2) is 5.50. The molecule has 0 spiro atoms. The molecule has 1 fully saturated rings. The van der Waals surface area contributed by atoms with Gasteiger partial charge in [0.15, 0.2) is 0 Å². The number of likely N-dealkylation sites (tertiary alicyclic amines) is 1. The van der Waals surface area contributed by atoms with Crippen molar-refractivity contribution in [2.75, 3.05) is 19.6 Å². The Bertz CT molecular complexity index is 201. The van der Waals surface area contributed by atoms with Gasteiger partial charge in [-0.25, -0.2) is 0 Å². The van der Waals surface area contributed by atoms with Crippen LogP contribution in [0.3, 0.4) is 0 Å². The van der Waals surface area contributed by atoms with E-state index in [0.717, 1.165) is 18.4 Å². The van der Waals surface area contributed by atoms with Crippen molar-refractivity contribution in [1.82, 2.24) is 4.90 Å². The van der Waals surface area contributed by atoms with Crippen LogP contribution in [0.5, 0.6) is 0 Å². The molecular formula is C14H30N2. The average molecular weight is 226 g/mol. The minimum Gasteiger partial charge on any atom is -0.327 e. The summed E-state index contributed by atoms with van der Waals surface area (Å²) in [5.41, 5.74) is 6.28. The molecule has 0 aromatic heterocycles. The molecule has 96 valence electrons. The molecule has 0 bridgehead atoms. The number of hydrogen-bond acceptors (Lipinski definition) is 2. The SMILES string of the molecule is CC(C)C1CCN(CC(C)(C)C(C)N)CC1. The highest BCUT2D eigenvalue weighted by molar-refractivity contribution is 4.84. The highest BCUT2D eigenvalue weighted by Gasteiger charge is 2.28. The van der Waals surface area contributed by atoms with Gasteiger partial charge in [0.25, 0.3) is 0 Å². The minimum absolute atomic E-state index is 0.241. The Hall–Kier alpha value is -0.0800. The number of rotatable bonds is 4. The number of piperidine rings is 1. The molecule has 2 N–H and O–H groups in total. The van der Waals surface area contributed by atoms with E-state index in [-0.39, 0.29) is 11.5 Å². The van der Waals surface area contributed by atoms with Crippen molar-refractivity contribution in [2.24, 2.45) is 23.0 Å². The largest absolute Gasteiger partial charge is 0.327 e. The van der Waals surface area contributed by atoms with Gasteiger partial charge in [0.2, 0.25) is 0 Å². The van der Waals surface area contributed by atoms with Crippen LogP contribution >= 0.6 is 0 Å². The van der Waals surface area contributed by atoms with E-state index < -0.39 is 0 Å². The van der Waals surface area contributed by atoms with E-state index >= 15 is 0 Å². The number of nitrogens with two attached hydrogens (primary N) is 1. The van der Waals surface area contributed by atoms with Crippen LogP contribution < -0.4 is 5.73 Å². The van der Waals surface area contributed by atoms with Gasteiger partial charge in [-0.05, 0) is 50.1 Å². The van der Waals surface area contributed by atoms with Crippen molar-refractivity contribution < 1.29 is 0 Å². The number of nitrogens with zero attached hydrogens (tertiary/aromatic N) is 1. The standard InChI is InChI=1S/C14H30N2/c1-11(2)13-6-8-16(9-7-13)10-14(4,5)12(3)15/h11-13H,6-10,15H2,1-5H3. The Labute approximate surface area is 102 Å². The van der Waals surface area contributed by atoms with Crippen LogP contribution in [0, 0.1) is 17.3 Å². The first kappa shape index (κ1) is 14.0. The van der Waals surface area contributed by atoms with Crippen LogP contribution in [-0.2, 0) is 0 Å². The predicted molar refractivity (Wildman–Crippen MR) is 71.4 cm³/mol. The fourth-order valence-electron chi connectivity index (χ4n) is 2.50. The van der Waals surface area contributed by atoms with Crippen LogP contribution in [0.2, 0.25) is 0 Å². The summed E-state index contributed by atoms with van der Waals surface area (Å²) in [5, 5.41) is 0. The Morgan fingerprint density at radius 1 is 1.19 bits per heavy atom. The highest BCUT2D eigenvalue weighted by Crippen LogP contribution is 2.27. The van der Waals surface area contributed by atoms with Crippen molar-refractivity contribution >= 4 is 0 Å². The van der Waals surface area contributed by atoms with E-state index in [9.17, 15) is 0 Å². The van der Waals surface area contributed by atoms with Crippen molar-refractivity contribution in [3.63, 3.8) is 0 Å². The lowest BCUT2D eigenvalue weighted by Gasteiger charge is -2.40. The average Bonchev–Trinajstić information content (AvgIpc) is 2.17. The van der Waals surface area contributed by atoms with Gasteiger partial charge in [0.05, 0.1) is 0 Å². The van der Waals surface area contributed by atoms with Gasteiger partial charge in [0.1, 0.15) is 0 Å². The summed E-state index contributed by atoms with van der Waals surface area (Å²) in [6.07, 6.45) is 2.74. The van der Waals surface area contributed by atoms with E-state index in [1.807, 2.05) is 0 Å². The predicted octanol–water partition coefficient (Wildman–Crippen LogP) is 2.73. The molecule has 1 rings (SSSR count). The van der Waals surface area contributed by atoms with Crippen molar-refractivity contribution in [3.8, 4) is 0 Å². The van der Waals surface area contributed by atoms with Gasteiger partial charge in [0, 0.05) is 12.6 Å². The second-order valence-corrected chi connectivity index (χ2v) is 6.63. The molecule has 1 unspecified atom stereocenters. The molecular weight excluding hydrogens is 196 g/mol. The zero-order chi connectivity index (χ0) is 12.3. The Morgan fingerprint density at radius 2 is 1.69 bits per heavy atom. The van der Waals surface area contributed by atoms with Crippen LogP contribution in [0.1, 0.15) is 47.5 Å². The third-order valence-corrected chi connectivity index (χ3v) is 4.44. The normalized spacial score (nSPS) is 22.7. The van der Waals surface area contributed by atoms with Crippen molar-refractivity contribution in [3.05, 3.63) is 0 Å². The topological polar surface area (TPSA) is 29.3 Å². The molecule has 1 saturated heterocycles. The molecule has 0 aromatic carbocycles. The van der Waals surface area contributed by atoms with Crippen LogP contribution in [0.25, 0.3) is 0 Å². The van der Waals surface area contributed by atoms with Gasteiger partial charge in [-0.3, -0.25) is 0 Å². The van der Waals surface area contributed by atoms with E-state index in [1.165, 1.54) is 25.9 Å². The van der Waals surface area contributed by atoms with Crippen LogP contribution in [-0.4, -0.2) is 30.6 Å². The smallest absolute Gasteiger partial charge is 0.00739 e. The van der Waals surface area contributed by atoms with Crippen LogP contribution in [0.4, 0.5) is 0 Å². The van der Waals surface area contributed by atoms with Crippen molar-refractivity contribution in [1.29, 1.82) is 0 Å². The summed E-state index contributed by atoms with van der Waals surface area (Å²) in [5.74, 6) is 1.79. The fraction of sp³-hybridized carbons (Fsp3) is 1.00. The maximum absolute atomic E-state index is 6.04. The molecule has 1 atom stereocenters. The third-order valence-electron chi connectivity index (χ3n) is 4.44. The zero-order valence-corrected chi connectivity index (χ0v) is 11.8. The quantitative estimate of drug-likeness (QED) is 0.798. The monoisotopic (exact) mass is 226 g/mol. The summed E-state index contributed by atoms with van der Waals surface area (Å²) in [4.78, 5) is 2.60. The maximum Gasteiger partial charge on any atom is 0.00739 e. The van der Waals surface area contributed by atoms with E-state index in [1.54, 1.807) is 0 Å². The summed E-state index contributed by atoms with van der Waals surface area (Å²) in [7, 11) is 0. The molecule has 0 saturated carbocycles. The summed E-state index contributed by atoms with van der Waals surface area (Å²) >= 11 is 0. The second-order valence-electron chi connectivity index (χ2n) is 6.63. The maximum atomic E-state index is 6.04. The molecule has 1 aliphatic heterocycles. The lowest BCUT2D eigenvalue weighted by molar-refractivity contribution is 0.103. The first-order valence-electron chi connectivity index (χ1n) is 6.81. The molecule has 0 radical (unpaired) electrons. The van der Waals surface area contributed by atoms with E-state index in [0.29, 0.717) is 0 Å². The van der Waals surface area contributed by atoms with Gasteiger partial charge >= 0.3 is 0 Å². The lowest BCUT2D eigenvalue weighted by Crippen LogP contribution is -2.47. The molecule has 0 aromatic rings. The lowest BCUT2D eigenvalue weighted by atomic mass is 9.82.